The molecule has 1 fully saturated rings. The van der Waals surface area contributed by atoms with Crippen LogP contribution in [0.15, 0.2) is 53.4 Å². The van der Waals surface area contributed by atoms with E-state index in [-0.39, 0.29) is 23.5 Å². The number of hydrogen-bond acceptors (Lipinski definition) is 4. The Labute approximate surface area is 191 Å². The van der Waals surface area contributed by atoms with E-state index in [9.17, 15) is 13.2 Å². The van der Waals surface area contributed by atoms with Crippen LogP contribution in [0.2, 0.25) is 0 Å². The normalized spacial score (nSPS) is 17.7. The van der Waals surface area contributed by atoms with Crippen LogP contribution in [0.4, 0.5) is 5.69 Å². The lowest BCUT2D eigenvalue weighted by Gasteiger charge is -2.30. The van der Waals surface area contributed by atoms with Crippen molar-refractivity contribution in [3.8, 4) is 5.75 Å². The molecule has 0 spiro atoms. The lowest BCUT2D eigenvalue weighted by Crippen LogP contribution is -2.38. The number of carbonyl (C=O) groups excluding carboxylic acids is 1. The molecule has 2 aromatic rings. The summed E-state index contributed by atoms with van der Waals surface area (Å²) in [7, 11) is -3.65. The summed E-state index contributed by atoms with van der Waals surface area (Å²) in [6, 6.07) is 14.2. The number of nitrogens with zero attached hydrogens (tertiary/aromatic N) is 1. The van der Waals surface area contributed by atoms with Crippen LogP contribution < -0.4 is 14.4 Å². The Hall–Kier alpha value is -2.54. The van der Waals surface area contributed by atoms with Gasteiger partial charge in [0.1, 0.15) is 5.75 Å². The quantitative estimate of drug-likeness (QED) is 0.697. The van der Waals surface area contributed by atoms with Crippen molar-refractivity contribution in [1.82, 2.24) is 5.32 Å². The molecule has 1 heterocycles. The monoisotopic (exact) mass is 456 g/mol. The van der Waals surface area contributed by atoms with Crippen LogP contribution in [0.1, 0.15) is 56.9 Å². The molecule has 0 unspecified atom stereocenters. The molecular weight excluding hydrogens is 424 g/mol. The maximum absolute atomic E-state index is 13.2. The van der Waals surface area contributed by atoms with Crippen molar-refractivity contribution in [2.45, 2.75) is 68.7 Å². The molecule has 6 nitrogen and oxygen atoms in total. The van der Waals surface area contributed by atoms with E-state index in [4.69, 9.17) is 4.74 Å². The molecule has 1 saturated carbocycles. The zero-order valence-corrected chi connectivity index (χ0v) is 19.3. The maximum Gasteiger partial charge on any atom is 0.264 e. The zero-order chi connectivity index (χ0) is 22.4. The Morgan fingerprint density at radius 3 is 2.38 bits per heavy atom. The van der Waals surface area contributed by atoms with Crippen molar-refractivity contribution >= 4 is 21.6 Å². The van der Waals surface area contributed by atoms with E-state index >= 15 is 0 Å². The third-order valence-electron chi connectivity index (χ3n) is 6.32. The fraction of sp³-hybridized carbons (Fsp3) is 0.480. The Balaban J connectivity index is 1.35. The number of rotatable bonds is 6. The highest BCUT2D eigenvalue weighted by Gasteiger charge is 2.28. The maximum atomic E-state index is 13.2. The molecule has 0 aromatic heterocycles. The molecule has 0 atom stereocenters. The number of sulfonamides is 1. The van der Waals surface area contributed by atoms with Crippen LogP contribution in [-0.2, 0) is 21.2 Å². The molecule has 2 aliphatic rings. The lowest BCUT2D eigenvalue weighted by atomic mass is 9.97. The number of amides is 1. The second-order valence-corrected chi connectivity index (χ2v) is 10.5. The van der Waals surface area contributed by atoms with Crippen LogP contribution in [0.3, 0.4) is 0 Å². The number of carbonyl (C=O) groups is 1. The summed E-state index contributed by atoms with van der Waals surface area (Å²) in [5, 5.41) is 3.08. The molecule has 1 N–H and O–H groups in total. The van der Waals surface area contributed by atoms with E-state index in [0.29, 0.717) is 12.3 Å². The van der Waals surface area contributed by atoms with Crippen LogP contribution in [0, 0.1) is 0 Å². The summed E-state index contributed by atoms with van der Waals surface area (Å²) in [6.07, 6.45) is 9.82. The molecule has 0 bridgehead atoms. The summed E-state index contributed by atoms with van der Waals surface area (Å²) < 4.78 is 33.5. The molecular formula is C25H32N2O4S. The second-order valence-electron chi connectivity index (χ2n) is 8.68. The van der Waals surface area contributed by atoms with Gasteiger partial charge in [-0.1, -0.05) is 50.3 Å². The van der Waals surface area contributed by atoms with E-state index < -0.39 is 10.0 Å². The molecule has 4 rings (SSSR count). The van der Waals surface area contributed by atoms with Gasteiger partial charge in [0.2, 0.25) is 0 Å². The third-order valence-corrected chi connectivity index (χ3v) is 8.15. The van der Waals surface area contributed by atoms with Crippen molar-refractivity contribution in [2.75, 3.05) is 17.5 Å². The molecule has 1 amide bonds. The molecule has 7 heteroatoms. The van der Waals surface area contributed by atoms with Crippen molar-refractivity contribution < 1.29 is 17.9 Å². The first-order valence-corrected chi connectivity index (χ1v) is 13.1. The summed E-state index contributed by atoms with van der Waals surface area (Å²) in [5.74, 6) is 0.355. The van der Waals surface area contributed by atoms with Gasteiger partial charge in [-0.05, 0) is 61.6 Å². The molecule has 0 radical (unpaired) electrons. The average Bonchev–Trinajstić information content (AvgIpc) is 2.79. The van der Waals surface area contributed by atoms with Gasteiger partial charge in [0.05, 0.1) is 10.6 Å². The molecule has 32 heavy (non-hydrogen) atoms. The highest BCUT2D eigenvalue weighted by molar-refractivity contribution is 7.92. The number of ether oxygens (including phenoxy) is 1. The topological polar surface area (TPSA) is 75.7 Å². The molecule has 1 aliphatic heterocycles. The minimum atomic E-state index is -3.65. The van der Waals surface area contributed by atoms with E-state index in [2.05, 4.69) is 5.32 Å². The number of anilines is 1. The smallest absolute Gasteiger partial charge is 0.264 e. The fourth-order valence-corrected chi connectivity index (χ4v) is 6.14. The van der Waals surface area contributed by atoms with Crippen LogP contribution >= 0.6 is 0 Å². The number of aryl methyl sites for hydroxylation is 1. The van der Waals surface area contributed by atoms with E-state index in [1.54, 1.807) is 24.3 Å². The largest absolute Gasteiger partial charge is 0.484 e. The van der Waals surface area contributed by atoms with Gasteiger partial charge >= 0.3 is 0 Å². The van der Waals surface area contributed by atoms with Gasteiger partial charge < -0.3 is 10.1 Å². The fourth-order valence-electron chi connectivity index (χ4n) is 4.60. The summed E-state index contributed by atoms with van der Waals surface area (Å²) in [6.45, 7) is 0.404. The summed E-state index contributed by atoms with van der Waals surface area (Å²) in [5.41, 5.74) is 1.81. The number of nitrogens with one attached hydrogen (secondary N) is 1. The van der Waals surface area contributed by atoms with E-state index in [1.807, 2.05) is 24.3 Å². The van der Waals surface area contributed by atoms with Gasteiger partial charge in [-0.3, -0.25) is 9.10 Å². The van der Waals surface area contributed by atoms with Crippen molar-refractivity contribution in [1.29, 1.82) is 0 Å². The van der Waals surface area contributed by atoms with E-state index in [0.717, 1.165) is 49.8 Å². The molecule has 172 valence electrons. The van der Waals surface area contributed by atoms with Crippen molar-refractivity contribution in [3.05, 3.63) is 54.1 Å². The SMILES string of the molecule is O=C(COc1ccc(S(=O)(=O)N2CCCc3ccccc32)cc1)NC1CCCCCCC1. The van der Waals surface area contributed by atoms with Gasteiger partial charge in [-0.25, -0.2) is 8.42 Å². The van der Waals surface area contributed by atoms with Crippen LogP contribution in [-0.4, -0.2) is 33.5 Å². The Kier molecular flexibility index (Phi) is 7.35. The van der Waals surface area contributed by atoms with Gasteiger partial charge in [0.15, 0.2) is 6.61 Å². The van der Waals surface area contributed by atoms with Gasteiger partial charge in [-0.2, -0.15) is 0 Å². The summed E-state index contributed by atoms with van der Waals surface area (Å²) >= 11 is 0. The first kappa shape index (κ1) is 22.6. The number of para-hydroxylation sites is 1. The van der Waals surface area contributed by atoms with E-state index in [1.165, 1.54) is 23.6 Å². The zero-order valence-electron chi connectivity index (χ0n) is 18.5. The standard InChI is InChI=1S/C25H32N2O4S/c28-25(26-21-11-4-2-1-3-5-12-21)19-31-22-14-16-23(17-15-22)32(29,30)27-18-8-10-20-9-6-7-13-24(20)27/h6-7,9,13-17,21H,1-5,8,10-12,18-19H2,(H,26,28). The highest BCUT2D eigenvalue weighted by atomic mass is 32.2. The summed E-state index contributed by atoms with van der Waals surface area (Å²) in [4.78, 5) is 12.5. The first-order valence-electron chi connectivity index (χ1n) is 11.7. The minimum Gasteiger partial charge on any atom is -0.484 e. The highest BCUT2D eigenvalue weighted by Crippen LogP contribution is 2.32. The van der Waals surface area contributed by atoms with Crippen LogP contribution in [0.25, 0.3) is 0 Å². The van der Waals surface area contributed by atoms with Crippen molar-refractivity contribution in [3.63, 3.8) is 0 Å². The predicted molar refractivity (Wildman–Crippen MR) is 125 cm³/mol. The average molecular weight is 457 g/mol. The predicted octanol–water partition coefficient (Wildman–Crippen LogP) is 4.44. The third kappa shape index (κ3) is 5.44. The molecule has 0 saturated heterocycles. The van der Waals surface area contributed by atoms with Gasteiger partial charge in [0, 0.05) is 12.6 Å². The molecule has 2 aromatic carbocycles. The Morgan fingerprint density at radius 1 is 0.938 bits per heavy atom. The Bertz CT molecular complexity index is 1010. The number of hydrogen-bond donors (Lipinski definition) is 1. The van der Waals surface area contributed by atoms with Crippen molar-refractivity contribution in [2.24, 2.45) is 0 Å². The molecule has 1 aliphatic carbocycles. The number of benzene rings is 2. The second kappa shape index (κ2) is 10.4. The lowest BCUT2D eigenvalue weighted by molar-refractivity contribution is -0.123. The first-order chi connectivity index (χ1) is 15.5. The number of fused-ring (bicyclic) bond motifs is 1. The Morgan fingerprint density at radius 2 is 1.62 bits per heavy atom. The minimum absolute atomic E-state index is 0.0674. The van der Waals surface area contributed by atoms with Gasteiger partial charge in [-0.15, -0.1) is 0 Å². The van der Waals surface area contributed by atoms with Crippen LogP contribution in [0.5, 0.6) is 5.75 Å². The van der Waals surface area contributed by atoms with Gasteiger partial charge in [0.25, 0.3) is 15.9 Å².